The Kier molecular flexibility index (Phi) is 4.82. The molecule has 3 N–H and O–H groups in total. The first-order chi connectivity index (χ1) is 10.7. The van der Waals surface area contributed by atoms with Crippen LogP contribution in [0.15, 0.2) is 17.4 Å². The molecule has 1 aromatic rings. The number of hydrazine groups is 1. The van der Waals surface area contributed by atoms with E-state index in [2.05, 4.69) is 15.5 Å². The van der Waals surface area contributed by atoms with E-state index < -0.39 is 54.3 Å². The number of amidine groups is 1. The molecule has 0 aliphatic heterocycles. The lowest BCUT2D eigenvalue weighted by Gasteiger charge is -2.33. The van der Waals surface area contributed by atoms with Crippen LogP contribution in [0.3, 0.4) is 0 Å². The molecule has 1 aliphatic carbocycles. The standard InChI is InChI=1S/C11H14F4N6O2/c12-9(13)1-8(20-5-7(4-17-20)21(22)23)10(19-16)18-6-2-11(14,15)3-6/h4-6,8-9H,1-3,16H2,(H,18,19). The molecule has 1 heterocycles. The number of hydrogen-bond acceptors (Lipinski definition) is 5. The first-order valence-electron chi connectivity index (χ1n) is 6.60. The van der Waals surface area contributed by atoms with Gasteiger partial charge in [-0.1, -0.05) is 0 Å². The quantitative estimate of drug-likeness (QED) is 0.205. The molecule has 128 valence electrons. The molecule has 1 aromatic heterocycles. The summed E-state index contributed by atoms with van der Waals surface area (Å²) in [5.74, 6) is 2.26. The van der Waals surface area contributed by atoms with Crippen molar-refractivity contribution in [3.8, 4) is 0 Å². The van der Waals surface area contributed by atoms with Crippen LogP contribution in [0.4, 0.5) is 23.2 Å². The summed E-state index contributed by atoms with van der Waals surface area (Å²) in [5, 5.41) is 14.3. The van der Waals surface area contributed by atoms with Crippen molar-refractivity contribution in [2.24, 2.45) is 10.8 Å². The van der Waals surface area contributed by atoms with E-state index in [0.29, 0.717) is 0 Å². The number of nitro groups is 1. The number of nitrogens with one attached hydrogen (secondary N) is 1. The van der Waals surface area contributed by atoms with Gasteiger partial charge in [0.05, 0.1) is 11.0 Å². The molecule has 0 bridgehead atoms. The van der Waals surface area contributed by atoms with Gasteiger partial charge < -0.3 is 5.43 Å². The Bertz CT molecular complexity index is 597. The van der Waals surface area contributed by atoms with Crippen LogP contribution in [0.25, 0.3) is 0 Å². The van der Waals surface area contributed by atoms with Gasteiger partial charge in [0.25, 0.3) is 5.92 Å². The molecule has 0 amide bonds. The van der Waals surface area contributed by atoms with Gasteiger partial charge in [0.2, 0.25) is 6.43 Å². The average Bonchev–Trinajstić information content (AvgIpc) is 2.89. The number of halogens is 4. The Hall–Kier alpha value is -2.24. The molecule has 23 heavy (non-hydrogen) atoms. The van der Waals surface area contributed by atoms with Crippen molar-refractivity contribution in [3.63, 3.8) is 0 Å². The van der Waals surface area contributed by atoms with E-state index in [-0.39, 0.29) is 5.84 Å². The van der Waals surface area contributed by atoms with Crippen molar-refractivity contribution in [2.45, 2.75) is 43.7 Å². The maximum Gasteiger partial charge on any atom is 0.307 e. The van der Waals surface area contributed by atoms with Crippen molar-refractivity contribution in [2.75, 3.05) is 0 Å². The van der Waals surface area contributed by atoms with Crippen LogP contribution in [0.1, 0.15) is 25.3 Å². The molecular formula is C11H14F4N6O2. The Balaban J connectivity index is 2.24. The third-order valence-electron chi connectivity index (χ3n) is 3.37. The largest absolute Gasteiger partial charge is 0.310 e. The predicted octanol–water partition coefficient (Wildman–Crippen LogP) is 1.65. The van der Waals surface area contributed by atoms with Gasteiger partial charge in [0, 0.05) is 19.3 Å². The Morgan fingerprint density at radius 1 is 1.61 bits per heavy atom. The van der Waals surface area contributed by atoms with Crippen molar-refractivity contribution >= 4 is 11.5 Å². The molecule has 1 atom stereocenters. The maximum atomic E-state index is 12.8. The van der Waals surface area contributed by atoms with Crippen LogP contribution in [-0.2, 0) is 0 Å². The second kappa shape index (κ2) is 6.48. The van der Waals surface area contributed by atoms with Crippen molar-refractivity contribution in [1.82, 2.24) is 15.2 Å². The summed E-state index contributed by atoms with van der Waals surface area (Å²) in [6.45, 7) is 0. The summed E-state index contributed by atoms with van der Waals surface area (Å²) in [7, 11) is 0. The van der Waals surface area contributed by atoms with E-state index in [1.807, 2.05) is 0 Å². The zero-order valence-electron chi connectivity index (χ0n) is 11.7. The highest BCUT2D eigenvalue weighted by atomic mass is 19.3. The van der Waals surface area contributed by atoms with Crippen molar-refractivity contribution in [3.05, 3.63) is 22.5 Å². The summed E-state index contributed by atoms with van der Waals surface area (Å²) in [5.41, 5.74) is 1.72. The zero-order valence-corrected chi connectivity index (χ0v) is 11.7. The fraction of sp³-hybridized carbons (Fsp3) is 0.636. The minimum atomic E-state index is -2.82. The normalized spacial score (nSPS) is 19.5. The highest BCUT2D eigenvalue weighted by molar-refractivity contribution is 5.85. The molecule has 8 nitrogen and oxygen atoms in total. The van der Waals surface area contributed by atoms with Crippen molar-refractivity contribution in [1.29, 1.82) is 0 Å². The van der Waals surface area contributed by atoms with Gasteiger partial charge in [0.15, 0.2) is 0 Å². The van der Waals surface area contributed by atoms with E-state index in [9.17, 15) is 27.7 Å². The van der Waals surface area contributed by atoms with Gasteiger partial charge in [-0.15, -0.1) is 0 Å². The first kappa shape index (κ1) is 17.1. The van der Waals surface area contributed by atoms with E-state index in [0.717, 1.165) is 17.1 Å². The molecule has 0 radical (unpaired) electrons. The molecule has 1 saturated carbocycles. The van der Waals surface area contributed by atoms with Crippen LogP contribution >= 0.6 is 0 Å². The Morgan fingerprint density at radius 2 is 2.26 bits per heavy atom. The predicted molar refractivity (Wildman–Crippen MR) is 71.3 cm³/mol. The fourth-order valence-electron chi connectivity index (χ4n) is 2.24. The number of alkyl halides is 4. The summed E-state index contributed by atoms with van der Waals surface area (Å²) in [4.78, 5) is 13.8. The average molecular weight is 338 g/mol. The number of nitrogens with two attached hydrogens (primary N) is 1. The molecular weight excluding hydrogens is 324 g/mol. The molecule has 2 rings (SSSR count). The highest BCUT2D eigenvalue weighted by Crippen LogP contribution is 2.39. The van der Waals surface area contributed by atoms with E-state index in [4.69, 9.17) is 5.84 Å². The number of hydrogen-bond donors (Lipinski definition) is 2. The van der Waals surface area contributed by atoms with Gasteiger partial charge in [-0.2, -0.15) is 5.10 Å². The lowest BCUT2D eigenvalue weighted by molar-refractivity contribution is -0.385. The second-order valence-corrected chi connectivity index (χ2v) is 5.15. The third kappa shape index (κ3) is 4.15. The summed E-state index contributed by atoms with van der Waals surface area (Å²) < 4.78 is 52.1. The van der Waals surface area contributed by atoms with Crippen LogP contribution in [0.5, 0.6) is 0 Å². The Morgan fingerprint density at radius 3 is 2.70 bits per heavy atom. The minimum absolute atomic E-state index is 0.177. The molecule has 1 unspecified atom stereocenters. The van der Waals surface area contributed by atoms with Gasteiger partial charge in [0.1, 0.15) is 24.3 Å². The zero-order chi connectivity index (χ0) is 17.2. The third-order valence-corrected chi connectivity index (χ3v) is 3.37. The fourth-order valence-corrected chi connectivity index (χ4v) is 2.24. The molecule has 0 saturated heterocycles. The number of aliphatic imine (C=N–C) groups is 1. The smallest absolute Gasteiger partial charge is 0.307 e. The van der Waals surface area contributed by atoms with Gasteiger partial charge in [-0.05, 0) is 0 Å². The number of aromatic nitrogens is 2. The van der Waals surface area contributed by atoms with E-state index in [1.54, 1.807) is 0 Å². The van der Waals surface area contributed by atoms with Crippen LogP contribution in [-0.4, -0.2) is 38.9 Å². The minimum Gasteiger partial charge on any atom is -0.310 e. The SMILES string of the molecule is NNC(=NC1CC(F)(F)C1)C(CC(F)F)n1cc([N+](=O)[O-])cn1. The topological polar surface area (TPSA) is 111 Å². The van der Waals surface area contributed by atoms with Gasteiger partial charge >= 0.3 is 5.69 Å². The lowest BCUT2D eigenvalue weighted by Crippen LogP contribution is -2.44. The molecule has 12 heteroatoms. The van der Waals surface area contributed by atoms with Crippen LogP contribution < -0.4 is 11.3 Å². The van der Waals surface area contributed by atoms with Gasteiger partial charge in [-0.3, -0.25) is 19.8 Å². The monoisotopic (exact) mass is 338 g/mol. The van der Waals surface area contributed by atoms with Crippen molar-refractivity contribution < 1.29 is 22.5 Å². The van der Waals surface area contributed by atoms with Gasteiger partial charge in [-0.25, -0.2) is 23.4 Å². The second-order valence-electron chi connectivity index (χ2n) is 5.15. The highest BCUT2D eigenvalue weighted by Gasteiger charge is 2.45. The van der Waals surface area contributed by atoms with Crippen LogP contribution in [0.2, 0.25) is 0 Å². The van der Waals surface area contributed by atoms with E-state index >= 15 is 0 Å². The number of rotatable bonds is 6. The summed E-state index contributed by atoms with van der Waals surface area (Å²) in [6.07, 6.45) is -2.70. The summed E-state index contributed by atoms with van der Waals surface area (Å²) >= 11 is 0. The molecule has 0 aromatic carbocycles. The first-order valence-corrected chi connectivity index (χ1v) is 6.60. The molecule has 1 fully saturated rings. The number of nitrogens with zero attached hydrogens (tertiary/aromatic N) is 4. The Labute approximate surface area is 127 Å². The summed E-state index contributed by atoms with van der Waals surface area (Å²) in [6, 6.07) is -1.97. The molecule has 1 aliphatic rings. The lowest BCUT2D eigenvalue weighted by atomic mass is 9.88. The van der Waals surface area contributed by atoms with E-state index in [1.165, 1.54) is 0 Å². The molecule has 0 spiro atoms. The van der Waals surface area contributed by atoms with Crippen LogP contribution in [0, 0.1) is 10.1 Å². The maximum absolute atomic E-state index is 12.8.